The Kier molecular flexibility index (Phi) is 41.5. The van der Waals surface area contributed by atoms with Crippen LogP contribution in [0.25, 0.3) is 0 Å². The highest BCUT2D eigenvalue weighted by Gasteiger charge is 2.19. The molecule has 4 nitrogen and oxygen atoms in total. The Hall–Kier alpha value is -2.69. The highest BCUT2D eigenvalue weighted by molar-refractivity contribution is 5.76. The van der Waals surface area contributed by atoms with E-state index in [0.29, 0.717) is 12.8 Å². The van der Waals surface area contributed by atoms with Crippen molar-refractivity contribution < 1.29 is 15.0 Å². The summed E-state index contributed by atoms with van der Waals surface area (Å²) in [7, 11) is 0. The SMILES string of the molecule is CC/C=C\C/C=C\C/C=C\C/C=C\C/C=C\C/C=C\C/C=C\C/C=C\CCCCCCC(=O)NC(CO)C(O)CCCCCCCCCCCCCC. The summed E-state index contributed by atoms with van der Waals surface area (Å²) in [4.78, 5) is 12.4. The van der Waals surface area contributed by atoms with Gasteiger partial charge in [-0.15, -0.1) is 0 Å². The molecule has 2 atom stereocenters. The van der Waals surface area contributed by atoms with E-state index in [1.54, 1.807) is 0 Å². The van der Waals surface area contributed by atoms with Gasteiger partial charge in [0.15, 0.2) is 0 Å². The fraction of sp³-hybridized carbons (Fsp3) is 0.653. The molecule has 0 rings (SSSR count). The van der Waals surface area contributed by atoms with Gasteiger partial charge in [0.05, 0.1) is 18.8 Å². The fourth-order valence-electron chi connectivity index (χ4n) is 6.02. The van der Waals surface area contributed by atoms with Crippen molar-refractivity contribution in [1.82, 2.24) is 5.32 Å². The number of unbranched alkanes of at least 4 members (excludes halogenated alkanes) is 15. The summed E-state index contributed by atoms with van der Waals surface area (Å²) in [5, 5.41) is 23.1. The highest BCUT2D eigenvalue weighted by atomic mass is 16.3. The lowest BCUT2D eigenvalue weighted by Gasteiger charge is -2.22. The van der Waals surface area contributed by atoms with Crippen molar-refractivity contribution in [3.8, 4) is 0 Å². The summed E-state index contributed by atoms with van der Waals surface area (Å²) in [5.74, 6) is -0.0616. The molecule has 1 amide bonds. The second-order valence-corrected chi connectivity index (χ2v) is 14.4. The zero-order valence-corrected chi connectivity index (χ0v) is 34.5. The lowest BCUT2D eigenvalue weighted by atomic mass is 10.0. The molecule has 53 heavy (non-hydrogen) atoms. The van der Waals surface area contributed by atoms with Crippen LogP contribution in [0.4, 0.5) is 0 Å². The van der Waals surface area contributed by atoms with E-state index in [1.165, 1.54) is 64.2 Å². The monoisotopic (exact) mass is 734 g/mol. The Morgan fingerprint density at radius 1 is 0.472 bits per heavy atom. The molecule has 0 aliphatic rings. The highest BCUT2D eigenvalue weighted by Crippen LogP contribution is 2.14. The van der Waals surface area contributed by atoms with Gasteiger partial charge in [-0.1, -0.05) is 201 Å². The summed E-state index contributed by atoms with van der Waals surface area (Å²) >= 11 is 0. The molecule has 0 aromatic carbocycles. The van der Waals surface area contributed by atoms with Crippen LogP contribution in [0.15, 0.2) is 97.2 Å². The van der Waals surface area contributed by atoms with Crippen LogP contribution in [0.1, 0.15) is 187 Å². The summed E-state index contributed by atoms with van der Waals surface area (Å²) in [6.45, 7) is 4.21. The molecule has 0 bridgehead atoms. The first-order valence-electron chi connectivity index (χ1n) is 21.9. The number of aliphatic hydroxyl groups is 2. The quantitative estimate of drug-likeness (QED) is 0.0437. The maximum Gasteiger partial charge on any atom is 0.220 e. The molecular weight excluding hydrogens is 651 g/mol. The molecular formula is C49H83NO3. The molecule has 0 aromatic heterocycles. The largest absolute Gasteiger partial charge is 0.394 e. The van der Waals surface area contributed by atoms with Gasteiger partial charge >= 0.3 is 0 Å². The Bertz CT molecular complexity index is 1010. The molecule has 0 heterocycles. The molecule has 302 valence electrons. The van der Waals surface area contributed by atoms with E-state index in [4.69, 9.17) is 0 Å². The molecule has 3 N–H and O–H groups in total. The van der Waals surface area contributed by atoms with Crippen molar-refractivity contribution >= 4 is 5.91 Å². The van der Waals surface area contributed by atoms with Crippen molar-refractivity contribution in [1.29, 1.82) is 0 Å². The van der Waals surface area contributed by atoms with Crippen molar-refractivity contribution in [3.05, 3.63) is 97.2 Å². The van der Waals surface area contributed by atoms with E-state index in [0.717, 1.165) is 96.3 Å². The topological polar surface area (TPSA) is 69.6 Å². The van der Waals surface area contributed by atoms with E-state index in [2.05, 4.69) is 116 Å². The van der Waals surface area contributed by atoms with Crippen LogP contribution in [0, 0.1) is 0 Å². The van der Waals surface area contributed by atoms with Gasteiger partial charge in [-0.3, -0.25) is 4.79 Å². The Labute approximate surface area is 328 Å². The molecule has 2 unspecified atom stereocenters. The maximum absolute atomic E-state index is 12.4. The smallest absolute Gasteiger partial charge is 0.220 e. The molecule has 0 aliphatic carbocycles. The third-order valence-electron chi connectivity index (χ3n) is 9.36. The van der Waals surface area contributed by atoms with Gasteiger partial charge in [0.25, 0.3) is 0 Å². The number of amides is 1. The van der Waals surface area contributed by atoms with Crippen LogP contribution in [0.2, 0.25) is 0 Å². The average molecular weight is 734 g/mol. The lowest BCUT2D eigenvalue weighted by Crippen LogP contribution is -2.45. The van der Waals surface area contributed by atoms with Crippen LogP contribution in [0.5, 0.6) is 0 Å². The Balaban J connectivity index is 3.68. The minimum atomic E-state index is -0.676. The van der Waals surface area contributed by atoms with Gasteiger partial charge in [-0.2, -0.15) is 0 Å². The second kappa shape index (κ2) is 43.7. The number of hydrogen-bond acceptors (Lipinski definition) is 3. The van der Waals surface area contributed by atoms with Gasteiger partial charge in [-0.25, -0.2) is 0 Å². The Morgan fingerprint density at radius 3 is 1.25 bits per heavy atom. The zero-order chi connectivity index (χ0) is 38.6. The van der Waals surface area contributed by atoms with E-state index in [9.17, 15) is 15.0 Å². The van der Waals surface area contributed by atoms with Gasteiger partial charge < -0.3 is 15.5 Å². The van der Waals surface area contributed by atoms with Gasteiger partial charge in [-0.05, 0) is 77.0 Å². The molecule has 0 aliphatic heterocycles. The summed E-state index contributed by atoms with van der Waals surface area (Å²) in [5.41, 5.74) is 0. The minimum absolute atomic E-state index is 0.0616. The molecule has 4 heteroatoms. The third-order valence-corrected chi connectivity index (χ3v) is 9.36. The van der Waals surface area contributed by atoms with Crippen molar-refractivity contribution in [2.24, 2.45) is 0 Å². The number of allylic oxidation sites excluding steroid dienone is 16. The number of aliphatic hydroxyl groups excluding tert-OH is 2. The molecule has 0 saturated carbocycles. The first-order valence-corrected chi connectivity index (χ1v) is 21.9. The summed E-state index contributed by atoms with van der Waals surface area (Å²) < 4.78 is 0. The molecule has 0 radical (unpaired) electrons. The third kappa shape index (κ3) is 40.3. The number of rotatable bonds is 38. The van der Waals surface area contributed by atoms with E-state index in [1.807, 2.05) is 0 Å². The van der Waals surface area contributed by atoms with Gasteiger partial charge in [0, 0.05) is 6.42 Å². The maximum atomic E-state index is 12.4. The van der Waals surface area contributed by atoms with E-state index >= 15 is 0 Å². The zero-order valence-electron chi connectivity index (χ0n) is 34.5. The lowest BCUT2D eigenvalue weighted by molar-refractivity contribution is -0.123. The van der Waals surface area contributed by atoms with Crippen LogP contribution in [-0.4, -0.2) is 34.9 Å². The number of nitrogens with one attached hydrogen (secondary N) is 1. The van der Waals surface area contributed by atoms with Crippen LogP contribution < -0.4 is 5.32 Å². The van der Waals surface area contributed by atoms with Crippen molar-refractivity contribution in [3.63, 3.8) is 0 Å². The molecule has 0 spiro atoms. The minimum Gasteiger partial charge on any atom is -0.394 e. The van der Waals surface area contributed by atoms with Crippen LogP contribution in [0.3, 0.4) is 0 Å². The summed E-state index contributed by atoms with van der Waals surface area (Å²) in [6.07, 6.45) is 64.8. The van der Waals surface area contributed by atoms with Crippen LogP contribution >= 0.6 is 0 Å². The number of carbonyl (C=O) groups excluding carboxylic acids is 1. The first kappa shape index (κ1) is 50.3. The van der Waals surface area contributed by atoms with E-state index in [-0.39, 0.29) is 12.5 Å². The fourth-order valence-corrected chi connectivity index (χ4v) is 6.02. The van der Waals surface area contributed by atoms with Crippen molar-refractivity contribution in [2.75, 3.05) is 6.61 Å². The predicted octanol–water partition coefficient (Wildman–Crippen LogP) is 13.8. The van der Waals surface area contributed by atoms with Crippen LogP contribution in [-0.2, 0) is 4.79 Å². The van der Waals surface area contributed by atoms with Gasteiger partial charge in [0.2, 0.25) is 5.91 Å². The molecule has 0 saturated heterocycles. The normalized spacial score (nSPS) is 14.0. The predicted molar refractivity (Wildman–Crippen MR) is 234 cm³/mol. The van der Waals surface area contributed by atoms with Crippen molar-refractivity contribution in [2.45, 2.75) is 199 Å². The first-order chi connectivity index (χ1) is 26.2. The molecule has 0 fully saturated rings. The Morgan fingerprint density at radius 2 is 0.830 bits per heavy atom. The molecule has 0 aromatic rings. The standard InChI is InChI=1S/C49H83NO3/c1-3-5-7-9-11-13-15-17-18-19-20-21-22-23-24-25-26-27-28-29-30-31-32-33-35-37-39-41-43-45-49(53)50-47(46-51)48(52)44-42-40-38-36-34-16-14-12-10-8-6-4-2/h5,7,11,13,17-18,20-21,23-24,26-27,29-30,32-33,47-48,51-52H,3-4,6,8-10,12,14-16,19,22,25,28,31,34-46H2,1-2H3,(H,50,53)/b7-5-,13-11-,18-17-,21-20-,24-23-,27-26-,30-29-,33-32-. The second-order valence-electron chi connectivity index (χ2n) is 14.4. The van der Waals surface area contributed by atoms with Gasteiger partial charge in [0.1, 0.15) is 0 Å². The summed E-state index contributed by atoms with van der Waals surface area (Å²) in [6, 6.07) is -0.556. The number of carbonyl (C=O) groups is 1. The average Bonchev–Trinajstić information content (AvgIpc) is 3.16. The van der Waals surface area contributed by atoms with E-state index < -0.39 is 12.1 Å². The number of hydrogen-bond donors (Lipinski definition) is 3.